The van der Waals surface area contributed by atoms with Crippen molar-refractivity contribution in [3.63, 3.8) is 0 Å². The highest BCUT2D eigenvalue weighted by Crippen LogP contribution is 2.14. The van der Waals surface area contributed by atoms with Crippen molar-refractivity contribution >= 4 is 0 Å². The molecule has 0 bridgehead atoms. The second-order valence-corrected chi connectivity index (χ2v) is 5.78. The Balaban J connectivity index is 1.62. The minimum Gasteiger partial charge on any atom is -0.494 e. The van der Waals surface area contributed by atoms with E-state index in [0.717, 1.165) is 38.2 Å². The summed E-state index contributed by atoms with van der Waals surface area (Å²) >= 11 is 0. The van der Waals surface area contributed by atoms with Crippen LogP contribution in [0.2, 0.25) is 0 Å². The average Bonchev–Trinajstić information content (AvgIpc) is 2.96. The van der Waals surface area contributed by atoms with Crippen LogP contribution in [0.3, 0.4) is 0 Å². The summed E-state index contributed by atoms with van der Waals surface area (Å²) in [5.74, 6) is 0.951. The Bertz CT molecular complexity index is 369. The maximum atomic E-state index is 9.27. The molecule has 1 aliphatic heterocycles. The van der Waals surface area contributed by atoms with Crippen LogP contribution in [0.1, 0.15) is 38.2 Å². The van der Waals surface area contributed by atoms with Gasteiger partial charge in [-0.1, -0.05) is 12.1 Å². The van der Waals surface area contributed by atoms with E-state index in [0.29, 0.717) is 0 Å². The van der Waals surface area contributed by atoms with Gasteiger partial charge in [0.1, 0.15) is 5.75 Å². The summed E-state index contributed by atoms with van der Waals surface area (Å²) in [5, 5.41) is 9.27. The van der Waals surface area contributed by atoms with E-state index in [-0.39, 0.29) is 6.10 Å². The maximum Gasteiger partial charge on any atom is 0.119 e. The van der Waals surface area contributed by atoms with E-state index in [1.165, 1.54) is 31.5 Å². The third-order valence-corrected chi connectivity index (χ3v) is 3.86. The molecule has 1 unspecified atom stereocenters. The highest BCUT2D eigenvalue weighted by atomic mass is 16.5. The van der Waals surface area contributed by atoms with Crippen LogP contribution in [-0.2, 0) is 6.42 Å². The molecule has 1 atom stereocenters. The van der Waals surface area contributed by atoms with Crippen molar-refractivity contribution in [1.82, 2.24) is 4.90 Å². The van der Waals surface area contributed by atoms with Crippen LogP contribution in [0.5, 0.6) is 5.75 Å². The second kappa shape index (κ2) is 8.28. The fourth-order valence-corrected chi connectivity index (χ4v) is 2.61. The molecule has 1 aromatic rings. The van der Waals surface area contributed by atoms with Gasteiger partial charge in [-0.15, -0.1) is 0 Å². The molecule has 0 amide bonds. The molecule has 1 fully saturated rings. The minimum atomic E-state index is -0.225. The average molecular weight is 277 g/mol. The Kier molecular flexibility index (Phi) is 6.34. The molecule has 3 nitrogen and oxygen atoms in total. The van der Waals surface area contributed by atoms with Crippen LogP contribution in [-0.4, -0.2) is 42.4 Å². The first-order valence-electron chi connectivity index (χ1n) is 7.86. The van der Waals surface area contributed by atoms with Gasteiger partial charge < -0.3 is 14.7 Å². The molecule has 1 heterocycles. The SMILES string of the molecule is CC(O)CCc1ccc(OCCCN2CCCC2)cc1. The quantitative estimate of drug-likeness (QED) is 0.742. The van der Waals surface area contributed by atoms with Gasteiger partial charge in [0.25, 0.3) is 0 Å². The second-order valence-electron chi connectivity index (χ2n) is 5.78. The number of hydrogen-bond acceptors (Lipinski definition) is 3. The number of aliphatic hydroxyl groups excluding tert-OH is 1. The normalized spacial score (nSPS) is 17.3. The summed E-state index contributed by atoms with van der Waals surface area (Å²) in [6.07, 6.45) is 5.33. The third kappa shape index (κ3) is 5.51. The van der Waals surface area contributed by atoms with Gasteiger partial charge in [-0.3, -0.25) is 0 Å². The number of ether oxygens (including phenoxy) is 1. The van der Waals surface area contributed by atoms with E-state index < -0.39 is 0 Å². The van der Waals surface area contributed by atoms with E-state index >= 15 is 0 Å². The zero-order valence-electron chi connectivity index (χ0n) is 12.6. The Hall–Kier alpha value is -1.06. The largest absolute Gasteiger partial charge is 0.494 e. The van der Waals surface area contributed by atoms with Crippen molar-refractivity contribution in [2.75, 3.05) is 26.2 Å². The van der Waals surface area contributed by atoms with Crippen molar-refractivity contribution in [2.45, 2.75) is 45.1 Å². The first kappa shape index (κ1) is 15.3. The summed E-state index contributed by atoms with van der Waals surface area (Å²) in [6.45, 7) is 6.31. The molecule has 1 aliphatic rings. The number of hydrogen-bond donors (Lipinski definition) is 1. The number of aliphatic hydroxyl groups is 1. The number of rotatable bonds is 8. The summed E-state index contributed by atoms with van der Waals surface area (Å²) in [4.78, 5) is 2.52. The highest BCUT2D eigenvalue weighted by molar-refractivity contribution is 5.27. The summed E-state index contributed by atoms with van der Waals surface area (Å²) in [7, 11) is 0. The third-order valence-electron chi connectivity index (χ3n) is 3.86. The molecular formula is C17H27NO2. The lowest BCUT2D eigenvalue weighted by Crippen LogP contribution is -2.21. The molecular weight excluding hydrogens is 250 g/mol. The number of nitrogens with zero attached hydrogens (tertiary/aromatic N) is 1. The van der Waals surface area contributed by atoms with Crippen LogP contribution >= 0.6 is 0 Å². The predicted octanol–water partition coefficient (Wildman–Crippen LogP) is 2.86. The van der Waals surface area contributed by atoms with Gasteiger partial charge in [0, 0.05) is 6.54 Å². The van der Waals surface area contributed by atoms with E-state index in [1.807, 2.05) is 19.1 Å². The van der Waals surface area contributed by atoms with Crippen molar-refractivity contribution in [3.8, 4) is 5.75 Å². The molecule has 0 spiro atoms. The highest BCUT2D eigenvalue weighted by Gasteiger charge is 2.10. The molecule has 0 aromatic heterocycles. The molecule has 1 saturated heterocycles. The van der Waals surface area contributed by atoms with Gasteiger partial charge in [0.05, 0.1) is 12.7 Å². The van der Waals surface area contributed by atoms with Crippen LogP contribution in [0.15, 0.2) is 24.3 Å². The fraction of sp³-hybridized carbons (Fsp3) is 0.647. The number of benzene rings is 1. The molecule has 1 aromatic carbocycles. The monoisotopic (exact) mass is 277 g/mol. The number of likely N-dealkylation sites (tertiary alicyclic amines) is 1. The molecule has 20 heavy (non-hydrogen) atoms. The molecule has 3 heteroatoms. The van der Waals surface area contributed by atoms with Gasteiger partial charge in [-0.2, -0.15) is 0 Å². The Labute approximate surface area is 122 Å². The first-order valence-corrected chi connectivity index (χ1v) is 7.86. The smallest absolute Gasteiger partial charge is 0.119 e. The van der Waals surface area contributed by atoms with E-state index in [2.05, 4.69) is 17.0 Å². The molecule has 0 aliphatic carbocycles. The summed E-state index contributed by atoms with van der Waals surface area (Å²) in [6, 6.07) is 8.26. The van der Waals surface area contributed by atoms with Crippen LogP contribution in [0.25, 0.3) is 0 Å². The van der Waals surface area contributed by atoms with Crippen LogP contribution in [0.4, 0.5) is 0 Å². The number of aryl methyl sites for hydroxylation is 1. The summed E-state index contributed by atoms with van der Waals surface area (Å²) < 4.78 is 5.77. The van der Waals surface area contributed by atoms with Crippen LogP contribution in [0, 0.1) is 0 Å². The predicted molar refractivity (Wildman–Crippen MR) is 82.2 cm³/mol. The van der Waals surface area contributed by atoms with Crippen LogP contribution < -0.4 is 4.74 Å². The molecule has 0 saturated carbocycles. The van der Waals surface area contributed by atoms with E-state index in [4.69, 9.17) is 4.74 Å². The standard InChI is InChI=1S/C17H27NO2/c1-15(19)5-6-16-7-9-17(10-8-16)20-14-4-13-18-11-2-3-12-18/h7-10,15,19H,2-6,11-14H2,1H3. The lowest BCUT2D eigenvalue weighted by molar-refractivity contribution is 0.185. The Morgan fingerprint density at radius 3 is 2.55 bits per heavy atom. The lowest BCUT2D eigenvalue weighted by Gasteiger charge is -2.14. The minimum absolute atomic E-state index is 0.225. The van der Waals surface area contributed by atoms with Gasteiger partial charge in [-0.05, 0) is 69.8 Å². The summed E-state index contributed by atoms with van der Waals surface area (Å²) in [5.41, 5.74) is 1.26. The molecule has 1 N–H and O–H groups in total. The van der Waals surface area contributed by atoms with Crippen molar-refractivity contribution in [1.29, 1.82) is 0 Å². The molecule has 2 rings (SSSR count). The Morgan fingerprint density at radius 1 is 1.20 bits per heavy atom. The molecule has 0 radical (unpaired) electrons. The van der Waals surface area contributed by atoms with Crippen molar-refractivity contribution in [2.24, 2.45) is 0 Å². The zero-order chi connectivity index (χ0) is 14.2. The van der Waals surface area contributed by atoms with Gasteiger partial charge in [0.15, 0.2) is 0 Å². The van der Waals surface area contributed by atoms with E-state index in [1.54, 1.807) is 0 Å². The maximum absolute atomic E-state index is 9.27. The van der Waals surface area contributed by atoms with Gasteiger partial charge in [-0.25, -0.2) is 0 Å². The van der Waals surface area contributed by atoms with Gasteiger partial charge >= 0.3 is 0 Å². The van der Waals surface area contributed by atoms with Crippen molar-refractivity contribution < 1.29 is 9.84 Å². The van der Waals surface area contributed by atoms with E-state index in [9.17, 15) is 5.11 Å². The first-order chi connectivity index (χ1) is 9.74. The molecule has 112 valence electrons. The zero-order valence-corrected chi connectivity index (χ0v) is 12.6. The van der Waals surface area contributed by atoms with Crippen molar-refractivity contribution in [3.05, 3.63) is 29.8 Å². The lowest BCUT2D eigenvalue weighted by atomic mass is 10.1. The Morgan fingerprint density at radius 2 is 1.90 bits per heavy atom. The fourth-order valence-electron chi connectivity index (χ4n) is 2.61. The van der Waals surface area contributed by atoms with Gasteiger partial charge in [0.2, 0.25) is 0 Å². The topological polar surface area (TPSA) is 32.7 Å².